The lowest BCUT2D eigenvalue weighted by atomic mass is 10.2. The van der Waals surface area contributed by atoms with Crippen molar-refractivity contribution in [1.82, 2.24) is 10.1 Å². The Balaban J connectivity index is 1.54. The summed E-state index contributed by atoms with van der Waals surface area (Å²) in [5.41, 5.74) is 1.62. The highest BCUT2D eigenvalue weighted by Crippen LogP contribution is 2.24. The smallest absolute Gasteiger partial charge is 0.238 e. The number of aryl methyl sites for hydroxylation is 1. The molecule has 1 amide bonds. The number of carbonyl (C=O) groups excluding carboxylic acids is 1. The molecule has 2 heterocycles. The second kappa shape index (κ2) is 7.76. The van der Waals surface area contributed by atoms with E-state index in [2.05, 4.69) is 15.5 Å². The van der Waals surface area contributed by atoms with E-state index in [1.807, 2.05) is 19.1 Å². The van der Waals surface area contributed by atoms with Crippen molar-refractivity contribution in [2.24, 2.45) is 0 Å². The van der Waals surface area contributed by atoms with Crippen molar-refractivity contribution in [1.29, 1.82) is 0 Å². The van der Waals surface area contributed by atoms with Gasteiger partial charge in [0, 0.05) is 22.4 Å². The number of nitrogens with one attached hydrogen (secondary N) is 1. The number of amides is 1. The van der Waals surface area contributed by atoms with Crippen LogP contribution in [0.5, 0.6) is 0 Å². The molecule has 3 rings (SSSR count). The second-order valence-corrected chi connectivity index (χ2v) is 7.18. The molecule has 1 atom stereocenters. The summed E-state index contributed by atoms with van der Waals surface area (Å²) in [6.07, 6.45) is 1.60. The Morgan fingerprint density at radius 3 is 2.80 bits per heavy atom. The third-order valence-electron chi connectivity index (χ3n) is 3.37. The van der Waals surface area contributed by atoms with Gasteiger partial charge < -0.3 is 14.3 Å². The van der Waals surface area contributed by atoms with Gasteiger partial charge >= 0.3 is 0 Å². The van der Waals surface area contributed by atoms with E-state index in [9.17, 15) is 4.79 Å². The first-order valence-electron chi connectivity index (χ1n) is 7.57. The fourth-order valence-corrected chi connectivity index (χ4v) is 2.93. The Bertz CT molecular complexity index is 860. The topological polar surface area (TPSA) is 81.2 Å². The van der Waals surface area contributed by atoms with Gasteiger partial charge in [-0.15, -0.1) is 11.8 Å². The maximum atomic E-state index is 12.1. The van der Waals surface area contributed by atoms with Crippen LogP contribution in [0, 0.1) is 6.92 Å². The number of benzene rings is 1. The molecule has 0 saturated carbocycles. The van der Waals surface area contributed by atoms with Crippen LogP contribution in [0.4, 0.5) is 5.82 Å². The average molecular weight is 378 g/mol. The molecule has 0 radical (unpaired) electrons. The van der Waals surface area contributed by atoms with Crippen LogP contribution in [0.15, 0.2) is 45.5 Å². The van der Waals surface area contributed by atoms with Crippen molar-refractivity contribution in [2.45, 2.75) is 24.9 Å². The predicted molar refractivity (Wildman–Crippen MR) is 97.6 cm³/mol. The van der Waals surface area contributed by atoms with Gasteiger partial charge in [-0.05, 0) is 38.1 Å². The normalized spacial score (nSPS) is 12.1. The quantitative estimate of drug-likeness (QED) is 0.678. The van der Waals surface area contributed by atoms with Gasteiger partial charge in [-0.2, -0.15) is 0 Å². The van der Waals surface area contributed by atoms with Gasteiger partial charge in [-0.25, -0.2) is 4.98 Å². The van der Waals surface area contributed by atoms with Crippen molar-refractivity contribution in [3.8, 4) is 11.5 Å². The van der Waals surface area contributed by atoms with Crippen molar-refractivity contribution in [3.05, 3.63) is 53.1 Å². The van der Waals surface area contributed by atoms with Crippen LogP contribution in [0.3, 0.4) is 0 Å². The molecule has 2 aromatic heterocycles. The lowest BCUT2D eigenvalue weighted by Crippen LogP contribution is -2.22. The Kier molecular flexibility index (Phi) is 5.45. The van der Waals surface area contributed by atoms with Crippen LogP contribution in [0.2, 0.25) is 5.02 Å². The maximum absolute atomic E-state index is 12.1. The number of hydrogen-bond acceptors (Lipinski definition) is 6. The Morgan fingerprint density at radius 1 is 1.36 bits per heavy atom. The minimum atomic E-state index is -0.271. The molecule has 3 aromatic rings. The van der Waals surface area contributed by atoms with Gasteiger partial charge in [0.2, 0.25) is 11.8 Å². The first-order chi connectivity index (χ1) is 12.0. The van der Waals surface area contributed by atoms with Crippen LogP contribution < -0.4 is 5.32 Å². The number of thioether (sulfide) groups is 1. The van der Waals surface area contributed by atoms with Gasteiger partial charge in [0.1, 0.15) is 12.0 Å². The van der Waals surface area contributed by atoms with E-state index in [4.69, 9.17) is 20.5 Å². The third-order valence-corrected chi connectivity index (χ3v) is 4.80. The van der Waals surface area contributed by atoms with Crippen LogP contribution >= 0.6 is 23.4 Å². The molecule has 0 aliphatic heterocycles. The van der Waals surface area contributed by atoms with Gasteiger partial charge in [0.05, 0.1) is 10.9 Å². The number of oxazole rings is 1. The van der Waals surface area contributed by atoms with E-state index >= 15 is 0 Å². The molecule has 1 N–H and O–H groups in total. The molecule has 0 saturated heterocycles. The lowest BCUT2D eigenvalue weighted by molar-refractivity contribution is -0.115. The first-order valence-corrected chi connectivity index (χ1v) is 9.00. The van der Waals surface area contributed by atoms with E-state index in [-0.39, 0.29) is 11.2 Å². The van der Waals surface area contributed by atoms with Crippen LogP contribution in [-0.2, 0) is 10.5 Å². The maximum Gasteiger partial charge on any atom is 0.238 e. The summed E-state index contributed by atoms with van der Waals surface area (Å²) in [6.45, 7) is 3.59. The Hall–Kier alpha value is -2.25. The molecule has 0 fully saturated rings. The average Bonchev–Trinajstić information content (AvgIpc) is 3.22. The van der Waals surface area contributed by atoms with Crippen molar-refractivity contribution in [3.63, 3.8) is 0 Å². The SMILES string of the molecule is Cc1cc(NC(=O)[C@@H](C)SCc2coc(-c3ccc(Cl)cc3)n2)no1. The van der Waals surface area contributed by atoms with E-state index in [1.165, 1.54) is 11.8 Å². The molecular weight excluding hydrogens is 362 g/mol. The molecule has 0 unspecified atom stereocenters. The number of aromatic nitrogens is 2. The Morgan fingerprint density at radius 2 is 2.12 bits per heavy atom. The molecule has 0 bridgehead atoms. The summed E-state index contributed by atoms with van der Waals surface area (Å²) in [4.78, 5) is 16.6. The van der Waals surface area contributed by atoms with Crippen LogP contribution in [0.1, 0.15) is 18.4 Å². The minimum Gasteiger partial charge on any atom is -0.444 e. The van der Waals surface area contributed by atoms with Gasteiger partial charge in [-0.3, -0.25) is 4.79 Å². The fraction of sp³-hybridized carbons (Fsp3) is 0.235. The zero-order chi connectivity index (χ0) is 17.8. The third kappa shape index (κ3) is 4.64. The summed E-state index contributed by atoms with van der Waals surface area (Å²) in [5, 5.41) is 6.85. The molecule has 0 aliphatic rings. The number of halogens is 1. The predicted octanol–water partition coefficient (Wildman–Crippen LogP) is 4.55. The highest BCUT2D eigenvalue weighted by Gasteiger charge is 2.16. The summed E-state index contributed by atoms with van der Waals surface area (Å²) in [7, 11) is 0. The highest BCUT2D eigenvalue weighted by molar-refractivity contribution is 7.99. The molecule has 25 heavy (non-hydrogen) atoms. The van der Waals surface area contributed by atoms with Gasteiger partial charge in [0.15, 0.2) is 5.82 Å². The molecule has 8 heteroatoms. The zero-order valence-corrected chi connectivity index (χ0v) is 15.2. The number of anilines is 1. The van der Waals surface area contributed by atoms with E-state index in [1.54, 1.807) is 31.4 Å². The van der Waals surface area contributed by atoms with Gasteiger partial charge in [0.25, 0.3) is 0 Å². The first kappa shape index (κ1) is 17.6. The number of rotatable bonds is 6. The second-order valence-electron chi connectivity index (χ2n) is 5.42. The monoisotopic (exact) mass is 377 g/mol. The molecule has 6 nitrogen and oxygen atoms in total. The summed E-state index contributed by atoms with van der Waals surface area (Å²) in [6, 6.07) is 8.94. The van der Waals surface area contributed by atoms with Crippen LogP contribution in [0.25, 0.3) is 11.5 Å². The Labute approximate surface area is 153 Å². The molecule has 0 spiro atoms. The zero-order valence-electron chi connectivity index (χ0n) is 13.7. The molecule has 1 aromatic carbocycles. The largest absolute Gasteiger partial charge is 0.444 e. The minimum absolute atomic E-state index is 0.139. The van der Waals surface area contributed by atoms with E-state index in [0.29, 0.717) is 28.2 Å². The highest BCUT2D eigenvalue weighted by atomic mass is 35.5. The summed E-state index contributed by atoms with van der Waals surface area (Å²) in [5.74, 6) is 2.01. The van der Waals surface area contributed by atoms with Crippen molar-refractivity contribution < 1.29 is 13.7 Å². The van der Waals surface area contributed by atoms with Crippen molar-refractivity contribution in [2.75, 3.05) is 5.32 Å². The van der Waals surface area contributed by atoms with E-state index in [0.717, 1.165) is 11.3 Å². The van der Waals surface area contributed by atoms with Crippen molar-refractivity contribution >= 4 is 35.1 Å². The fourth-order valence-electron chi connectivity index (χ4n) is 2.04. The number of nitrogens with zero attached hydrogens (tertiary/aromatic N) is 2. The molecule has 0 aliphatic carbocycles. The summed E-state index contributed by atoms with van der Waals surface area (Å²) < 4.78 is 10.4. The summed E-state index contributed by atoms with van der Waals surface area (Å²) >= 11 is 7.34. The van der Waals surface area contributed by atoms with Crippen LogP contribution in [-0.4, -0.2) is 21.3 Å². The number of carbonyl (C=O) groups is 1. The molecule has 130 valence electrons. The molecular formula is C17H16ClN3O3S. The van der Waals surface area contributed by atoms with Gasteiger partial charge in [-0.1, -0.05) is 16.8 Å². The standard InChI is InChI=1S/C17H16ClN3O3S/c1-10-7-15(21-24-10)20-16(22)11(2)25-9-14-8-23-17(19-14)12-3-5-13(18)6-4-12/h3-8,11H,9H2,1-2H3,(H,20,21,22)/t11-/m1/s1. The number of hydrogen-bond donors (Lipinski definition) is 1. The van der Waals surface area contributed by atoms with E-state index < -0.39 is 0 Å². The lowest BCUT2D eigenvalue weighted by Gasteiger charge is -2.08.